The van der Waals surface area contributed by atoms with Crippen molar-refractivity contribution in [1.29, 1.82) is 0 Å². The molecule has 0 atom stereocenters. The Balaban J connectivity index is 1.76. The van der Waals surface area contributed by atoms with Gasteiger partial charge in [-0.15, -0.1) is 0 Å². The molecule has 2 aromatic rings. The number of methoxy groups -OCH3 is 1. The molecule has 0 saturated heterocycles. The van der Waals surface area contributed by atoms with Gasteiger partial charge in [0.25, 0.3) is 15.9 Å². The van der Waals surface area contributed by atoms with Gasteiger partial charge in [0.05, 0.1) is 40.4 Å². The maximum absolute atomic E-state index is 13.7. The third-order valence-electron chi connectivity index (χ3n) is 5.96. The van der Waals surface area contributed by atoms with E-state index in [0.29, 0.717) is 24.4 Å². The fourth-order valence-electron chi connectivity index (χ4n) is 3.72. The predicted molar refractivity (Wildman–Crippen MR) is 130 cm³/mol. The Morgan fingerprint density at radius 3 is 2.47 bits per heavy atom. The summed E-state index contributed by atoms with van der Waals surface area (Å²) in [5.74, 6) is -0.00900. The molecule has 34 heavy (non-hydrogen) atoms. The molecule has 2 amide bonds. The van der Waals surface area contributed by atoms with Crippen molar-refractivity contribution in [2.75, 3.05) is 24.5 Å². The lowest BCUT2D eigenvalue weighted by molar-refractivity contribution is -0.121. The first-order valence-corrected chi connectivity index (χ1v) is 12.8. The summed E-state index contributed by atoms with van der Waals surface area (Å²) < 4.78 is 33.8. The fourth-order valence-corrected chi connectivity index (χ4v) is 5.37. The van der Waals surface area contributed by atoms with Gasteiger partial charge >= 0.3 is 0 Å². The van der Waals surface area contributed by atoms with Crippen LogP contribution in [0.25, 0.3) is 0 Å². The Bertz CT molecular complexity index is 1220. The molecule has 8 nitrogen and oxygen atoms in total. The summed E-state index contributed by atoms with van der Waals surface area (Å²) >= 11 is 6.28. The SMILES string of the molecule is COc1ccc(N2C/C=C\CCC(=O)NCC3(CC3)NC(=O)c3cc(ccc3Cl)S2(=O)=O)cc1. The average molecular weight is 504 g/mol. The largest absolute Gasteiger partial charge is 0.497 e. The van der Waals surface area contributed by atoms with Crippen LogP contribution in [0.2, 0.25) is 5.02 Å². The molecular formula is C24H26ClN3O5S. The Labute approximate surface area is 204 Å². The van der Waals surface area contributed by atoms with Crippen LogP contribution in [0, 0.1) is 0 Å². The zero-order valence-corrected chi connectivity index (χ0v) is 20.3. The molecule has 1 fully saturated rings. The van der Waals surface area contributed by atoms with Crippen LogP contribution in [0.4, 0.5) is 5.69 Å². The van der Waals surface area contributed by atoms with Gasteiger partial charge < -0.3 is 15.4 Å². The van der Waals surface area contributed by atoms with Crippen molar-refractivity contribution in [3.8, 4) is 5.75 Å². The molecule has 2 aliphatic rings. The van der Waals surface area contributed by atoms with E-state index in [0.717, 1.165) is 12.8 Å². The first-order chi connectivity index (χ1) is 16.2. The van der Waals surface area contributed by atoms with Gasteiger partial charge in [0.2, 0.25) is 5.91 Å². The van der Waals surface area contributed by atoms with Crippen LogP contribution < -0.4 is 19.7 Å². The van der Waals surface area contributed by atoms with Crippen molar-refractivity contribution in [1.82, 2.24) is 10.6 Å². The van der Waals surface area contributed by atoms with E-state index in [1.807, 2.05) is 0 Å². The normalized spacial score (nSPS) is 20.8. The van der Waals surface area contributed by atoms with Crippen LogP contribution >= 0.6 is 11.6 Å². The fraction of sp³-hybridized carbons (Fsp3) is 0.333. The van der Waals surface area contributed by atoms with Crippen molar-refractivity contribution in [3.05, 3.63) is 65.2 Å². The molecule has 10 heteroatoms. The van der Waals surface area contributed by atoms with Gasteiger partial charge in [-0.25, -0.2) is 8.42 Å². The van der Waals surface area contributed by atoms with Gasteiger partial charge in [-0.3, -0.25) is 13.9 Å². The lowest BCUT2D eigenvalue weighted by Gasteiger charge is -2.24. The van der Waals surface area contributed by atoms with Crippen LogP contribution in [0.1, 0.15) is 36.0 Å². The minimum Gasteiger partial charge on any atom is -0.497 e. The van der Waals surface area contributed by atoms with E-state index >= 15 is 0 Å². The smallest absolute Gasteiger partial charge is 0.264 e. The highest BCUT2D eigenvalue weighted by atomic mass is 35.5. The molecule has 4 rings (SSSR count). The number of nitrogens with zero attached hydrogens (tertiary/aromatic N) is 1. The lowest BCUT2D eigenvalue weighted by Crippen LogP contribution is -2.45. The molecule has 180 valence electrons. The maximum Gasteiger partial charge on any atom is 0.264 e. The van der Waals surface area contributed by atoms with E-state index in [1.165, 1.54) is 29.6 Å². The predicted octanol–water partition coefficient (Wildman–Crippen LogP) is 3.27. The number of hydrogen-bond donors (Lipinski definition) is 2. The number of hydrogen-bond acceptors (Lipinski definition) is 5. The number of amides is 2. The molecule has 1 aliphatic carbocycles. The molecule has 2 bridgehead atoms. The van der Waals surface area contributed by atoms with E-state index in [1.54, 1.807) is 36.4 Å². The van der Waals surface area contributed by atoms with Crippen LogP contribution in [-0.4, -0.2) is 46.0 Å². The van der Waals surface area contributed by atoms with Gasteiger partial charge in [-0.1, -0.05) is 23.8 Å². The summed E-state index contributed by atoms with van der Waals surface area (Å²) in [5, 5.41) is 5.95. The highest BCUT2D eigenvalue weighted by Gasteiger charge is 2.44. The molecule has 1 saturated carbocycles. The highest BCUT2D eigenvalue weighted by molar-refractivity contribution is 7.92. The number of allylic oxidation sites excluding steroid dienone is 1. The first kappa shape index (κ1) is 24.1. The average Bonchev–Trinajstić information content (AvgIpc) is 3.59. The molecule has 0 radical (unpaired) electrons. The number of sulfonamides is 1. The molecular weight excluding hydrogens is 478 g/mol. The number of fused-ring (bicyclic) bond motifs is 2. The van der Waals surface area contributed by atoms with Crippen molar-refractivity contribution >= 4 is 39.1 Å². The number of anilines is 1. The second-order valence-corrected chi connectivity index (χ2v) is 10.7. The van der Waals surface area contributed by atoms with Crippen LogP contribution in [0.5, 0.6) is 5.75 Å². The number of rotatable bonds is 2. The van der Waals surface area contributed by atoms with E-state index in [2.05, 4.69) is 10.6 Å². The number of carbonyl (C=O) groups is 2. The summed E-state index contributed by atoms with van der Waals surface area (Å²) in [6.07, 6.45) is 5.68. The Morgan fingerprint density at radius 1 is 1.06 bits per heavy atom. The summed E-state index contributed by atoms with van der Waals surface area (Å²) in [4.78, 5) is 25.2. The minimum atomic E-state index is -4.04. The second kappa shape index (κ2) is 9.68. The molecule has 2 N–H and O–H groups in total. The summed E-state index contributed by atoms with van der Waals surface area (Å²) in [5.41, 5.74) is -0.0349. The van der Waals surface area contributed by atoms with Gasteiger partial charge in [-0.05, 0) is 61.7 Å². The summed E-state index contributed by atoms with van der Waals surface area (Å²) in [6, 6.07) is 10.8. The van der Waals surface area contributed by atoms with Gasteiger partial charge in [0.15, 0.2) is 0 Å². The molecule has 1 aliphatic heterocycles. The number of ether oxygens (including phenoxy) is 1. The monoisotopic (exact) mass is 503 g/mol. The summed E-state index contributed by atoms with van der Waals surface area (Å²) in [7, 11) is -2.51. The quantitative estimate of drug-likeness (QED) is 0.612. The number of carbonyl (C=O) groups excluding carboxylic acids is 2. The van der Waals surface area contributed by atoms with Gasteiger partial charge in [-0.2, -0.15) is 0 Å². The zero-order valence-electron chi connectivity index (χ0n) is 18.7. The van der Waals surface area contributed by atoms with Crippen LogP contribution in [-0.2, 0) is 14.8 Å². The minimum absolute atomic E-state index is 0.0449. The van der Waals surface area contributed by atoms with E-state index in [-0.39, 0.29) is 34.4 Å². The highest BCUT2D eigenvalue weighted by Crippen LogP contribution is 2.36. The molecule has 1 heterocycles. The van der Waals surface area contributed by atoms with Crippen molar-refractivity contribution in [3.63, 3.8) is 0 Å². The van der Waals surface area contributed by atoms with E-state index in [9.17, 15) is 18.0 Å². The van der Waals surface area contributed by atoms with Crippen LogP contribution in [0.15, 0.2) is 59.5 Å². The Morgan fingerprint density at radius 2 is 1.79 bits per heavy atom. The topological polar surface area (TPSA) is 105 Å². The third kappa shape index (κ3) is 5.20. The number of halogens is 1. The molecule has 1 spiro atoms. The summed E-state index contributed by atoms with van der Waals surface area (Å²) in [6.45, 7) is 0.367. The number of nitrogens with one attached hydrogen (secondary N) is 2. The van der Waals surface area contributed by atoms with Crippen LogP contribution in [0.3, 0.4) is 0 Å². The van der Waals surface area contributed by atoms with Crippen molar-refractivity contribution < 1.29 is 22.7 Å². The molecule has 0 aromatic heterocycles. The standard InChI is InChI=1S/C24H26ClN3O5S/c1-33-18-8-6-17(7-9-18)28-14-4-2-3-5-22(29)26-16-24(12-13-24)27-23(30)20-15-19(34(28,31)32)10-11-21(20)25/h2,4,6-11,15H,3,5,12-14,16H2,1H3,(H,26,29)(H,27,30)/b4-2-. The Kier molecular flexibility index (Phi) is 6.86. The second-order valence-electron chi connectivity index (χ2n) is 8.40. The zero-order chi connectivity index (χ0) is 24.3. The van der Waals surface area contributed by atoms with Gasteiger partial charge in [0.1, 0.15) is 5.75 Å². The van der Waals surface area contributed by atoms with Gasteiger partial charge in [0, 0.05) is 13.0 Å². The van der Waals surface area contributed by atoms with Crippen molar-refractivity contribution in [2.45, 2.75) is 36.1 Å². The Hall–Kier alpha value is -3.04. The van der Waals surface area contributed by atoms with E-state index in [4.69, 9.17) is 16.3 Å². The maximum atomic E-state index is 13.7. The van der Waals surface area contributed by atoms with E-state index < -0.39 is 21.5 Å². The first-order valence-electron chi connectivity index (χ1n) is 10.9. The lowest BCUT2D eigenvalue weighted by atomic mass is 10.1. The molecule has 2 aromatic carbocycles. The third-order valence-corrected chi connectivity index (χ3v) is 8.08. The molecule has 0 unspecified atom stereocenters. The van der Waals surface area contributed by atoms with Crippen molar-refractivity contribution in [2.24, 2.45) is 0 Å². The number of benzene rings is 2.